The summed E-state index contributed by atoms with van der Waals surface area (Å²) in [5.41, 5.74) is 0. The molecule has 0 saturated heterocycles. The molecule has 0 atom stereocenters. The highest BCUT2D eigenvalue weighted by molar-refractivity contribution is 9.10. The van der Waals surface area contributed by atoms with E-state index in [0.717, 1.165) is 4.47 Å². The van der Waals surface area contributed by atoms with E-state index in [1.165, 1.54) is 17.8 Å². The molecule has 0 saturated carbocycles. The number of halogens is 2. The number of hydrogen-bond acceptors (Lipinski definition) is 6. The summed E-state index contributed by atoms with van der Waals surface area (Å²) >= 11 is 4.57. The average Bonchev–Trinajstić information content (AvgIpc) is 2.98. The predicted molar refractivity (Wildman–Crippen MR) is 94.8 cm³/mol. The first kappa shape index (κ1) is 17.6. The van der Waals surface area contributed by atoms with E-state index in [4.69, 9.17) is 4.74 Å². The molecule has 0 radical (unpaired) electrons. The number of hydrogen-bond donors (Lipinski definition) is 0. The Hall–Kier alpha value is -2.26. The van der Waals surface area contributed by atoms with E-state index in [1.807, 2.05) is 4.57 Å². The molecular weight excluding hydrogens is 409 g/mol. The molecule has 128 valence electrons. The fourth-order valence-corrected chi connectivity index (χ4v) is 2.90. The maximum atomic E-state index is 13.7. The third-order valence-electron chi connectivity index (χ3n) is 3.08. The first-order valence-corrected chi connectivity index (χ1v) is 8.84. The molecule has 0 amide bonds. The van der Waals surface area contributed by atoms with Crippen LogP contribution in [0.25, 0.3) is 0 Å². The van der Waals surface area contributed by atoms with Gasteiger partial charge in [-0.1, -0.05) is 18.2 Å². The van der Waals surface area contributed by atoms with Crippen LogP contribution in [0, 0.1) is 5.82 Å². The van der Waals surface area contributed by atoms with Crippen LogP contribution in [0.3, 0.4) is 0 Å². The highest BCUT2D eigenvalue weighted by atomic mass is 79.9. The summed E-state index contributed by atoms with van der Waals surface area (Å²) in [5, 5.41) is 9.43. The summed E-state index contributed by atoms with van der Waals surface area (Å²) in [6, 6.07) is 6.22. The van der Waals surface area contributed by atoms with Crippen LogP contribution in [-0.2, 0) is 13.2 Å². The molecule has 6 nitrogen and oxygen atoms in total. The van der Waals surface area contributed by atoms with Crippen molar-refractivity contribution < 1.29 is 9.13 Å². The monoisotopic (exact) mass is 421 g/mol. The van der Waals surface area contributed by atoms with Crippen molar-refractivity contribution in [2.24, 2.45) is 0 Å². The van der Waals surface area contributed by atoms with Gasteiger partial charge in [0, 0.05) is 18.9 Å². The molecule has 2 aromatic heterocycles. The molecule has 0 aliphatic heterocycles. The first-order chi connectivity index (χ1) is 12.2. The van der Waals surface area contributed by atoms with Crippen LogP contribution < -0.4 is 4.74 Å². The van der Waals surface area contributed by atoms with Gasteiger partial charge in [0.05, 0.1) is 4.47 Å². The normalized spacial score (nSPS) is 10.6. The topological polar surface area (TPSA) is 65.7 Å². The molecule has 3 rings (SSSR count). The van der Waals surface area contributed by atoms with Crippen LogP contribution in [0.1, 0.15) is 5.82 Å². The molecule has 0 N–H and O–H groups in total. The number of ether oxygens (including phenoxy) is 1. The molecule has 1 aromatic carbocycles. The number of para-hydroxylation sites is 1. The highest BCUT2D eigenvalue weighted by Crippen LogP contribution is 2.25. The van der Waals surface area contributed by atoms with E-state index in [-0.39, 0.29) is 12.4 Å². The van der Waals surface area contributed by atoms with Crippen molar-refractivity contribution >= 4 is 27.7 Å². The molecule has 3 aromatic rings. The maximum absolute atomic E-state index is 13.7. The van der Waals surface area contributed by atoms with Crippen LogP contribution in [-0.4, -0.2) is 24.7 Å². The minimum atomic E-state index is -0.421. The van der Waals surface area contributed by atoms with Gasteiger partial charge in [-0.05, 0) is 39.8 Å². The standard InChI is InChI=1S/C16H13BrFN5OS/c1-2-7-23-14(10-24-13-6-4-3-5-12(13)18)21-22-16(23)25-15-19-8-11(17)9-20-15/h2-6,8-9H,1,7,10H2. The summed E-state index contributed by atoms with van der Waals surface area (Å²) in [6.45, 7) is 4.32. The van der Waals surface area contributed by atoms with E-state index in [9.17, 15) is 4.39 Å². The largest absolute Gasteiger partial charge is 0.483 e. The van der Waals surface area contributed by atoms with Crippen molar-refractivity contribution in [3.05, 3.63) is 65.4 Å². The van der Waals surface area contributed by atoms with Crippen molar-refractivity contribution in [1.29, 1.82) is 0 Å². The Morgan fingerprint density at radius 2 is 2.00 bits per heavy atom. The van der Waals surface area contributed by atoms with E-state index < -0.39 is 5.82 Å². The van der Waals surface area contributed by atoms with Gasteiger partial charge in [0.2, 0.25) is 0 Å². The number of benzene rings is 1. The summed E-state index contributed by atoms with van der Waals surface area (Å²) in [7, 11) is 0. The number of rotatable bonds is 7. The smallest absolute Gasteiger partial charge is 0.199 e. The van der Waals surface area contributed by atoms with Crippen LogP contribution >= 0.6 is 27.7 Å². The van der Waals surface area contributed by atoms with Crippen LogP contribution in [0.5, 0.6) is 5.75 Å². The van der Waals surface area contributed by atoms with Crippen LogP contribution in [0.2, 0.25) is 0 Å². The minimum Gasteiger partial charge on any atom is -0.483 e. The molecule has 0 bridgehead atoms. The molecule has 0 aliphatic rings. The second kappa shape index (κ2) is 8.21. The third kappa shape index (κ3) is 4.43. The zero-order valence-electron chi connectivity index (χ0n) is 13.0. The van der Waals surface area contributed by atoms with E-state index in [0.29, 0.717) is 22.7 Å². The van der Waals surface area contributed by atoms with Gasteiger partial charge in [0.15, 0.2) is 27.7 Å². The summed E-state index contributed by atoms with van der Waals surface area (Å²) in [5.74, 6) is 0.305. The lowest BCUT2D eigenvalue weighted by Crippen LogP contribution is -2.08. The van der Waals surface area contributed by atoms with E-state index >= 15 is 0 Å². The SMILES string of the molecule is C=CCn1c(COc2ccccc2F)nnc1Sc1ncc(Br)cn1. The lowest BCUT2D eigenvalue weighted by atomic mass is 10.3. The zero-order chi connectivity index (χ0) is 17.6. The number of nitrogens with zero attached hydrogens (tertiary/aromatic N) is 5. The molecule has 0 aliphatic carbocycles. The predicted octanol–water partition coefficient (Wildman–Crippen LogP) is 3.89. The average molecular weight is 422 g/mol. The fraction of sp³-hybridized carbons (Fsp3) is 0.125. The summed E-state index contributed by atoms with van der Waals surface area (Å²) in [4.78, 5) is 8.41. The molecule has 0 unspecified atom stereocenters. The Morgan fingerprint density at radius 3 is 2.72 bits per heavy atom. The highest BCUT2D eigenvalue weighted by Gasteiger charge is 2.15. The molecular formula is C16H13BrFN5OS. The van der Waals surface area contributed by atoms with Crippen molar-refractivity contribution in [2.75, 3.05) is 0 Å². The quantitative estimate of drug-likeness (QED) is 0.425. The minimum absolute atomic E-state index is 0.0868. The van der Waals surface area contributed by atoms with Gasteiger partial charge in [0.1, 0.15) is 6.61 Å². The van der Waals surface area contributed by atoms with Crippen molar-refractivity contribution in [2.45, 2.75) is 23.5 Å². The lowest BCUT2D eigenvalue weighted by Gasteiger charge is -2.09. The lowest BCUT2D eigenvalue weighted by molar-refractivity contribution is 0.275. The maximum Gasteiger partial charge on any atom is 0.199 e. The number of aromatic nitrogens is 5. The zero-order valence-corrected chi connectivity index (χ0v) is 15.4. The van der Waals surface area contributed by atoms with Gasteiger partial charge in [-0.3, -0.25) is 4.57 Å². The van der Waals surface area contributed by atoms with Crippen LogP contribution in [0.15, 0.2) is 64.1 Å². The second-order valence-electron chi connectivity index (χ2n) is 4.80. The summed E-state index contributed by atoms with van der Waals surface area (Å²) in [6.07, 6.45) is 5.04. The van der Waals surface area contributed by atoms with Gasteiger partial charge in [-0.2, -0.15) is 0 Å². The molecule has 0 spiro atoms. The Balaban J connectivity index is 1.78. The van der Waals surface area contributed by atoms with Crippen molar-refractivity contribution in [3.8, 4) is 5.75 Å². The van der Waals surface area contributed by atoms with Gasteiger partial charge >= 0.3 is 0 Å². The Morgan fingerprint density at radius 1 is 1.24 bits per heavy atom. The van der Waals surface area contributed by atoms with Crippen molar-refractivity contribution in [1.82, 2.24) is 24.7 Å². The second-order valence-corrected chi connectivity index (χ2v) is 6.65. The van der Waals surface area contributed by atoms with Gasteiger partial charge in [0.25, 0.3) is 0 Å². The van der Waals surface area contributed by atoms with Crippen LogP contribution in [0.4, 0.5) is 4.39 Å². The van der Waals surface area contributed by atoms with E-state index in [2.05, 4.69) is 42.7 Å². The van der Waals surface area contributed by atoms with Gasteiger partial charge in [-0.15, -0.1) is 16.8 Å². The molecule has 2 heterocycles. The third-order valence-corrected chi connectivity index (χ3v) is 4.37. The first-order valence-electron chi connectivity index (χ1n) is 7.23. The number of allylic oxidation sites excluding steroid dienone is 1. The molecule has 25 heavy (non-hydrogen) atoms. The van der Waals surface area contributed by atoms with E-state index in [1.54, 1.807) is 36.7 Å². The molecule has 9 heteroatoms. The Bertz CT molecular complexity index is 871. The van der Waals surface area contributed by atoms with Crippen molar-refractivity contribution in [3.63, 3.8) is 0 Å². The Kier molecular flexibility index (Phi) is 5.77. The van der Waals surface area contributed by atoms with Gasteiger partial charge in [-0.25, -0.2) is 14.4 Å². The summed E-state index contributed by atoms with van der Waals surface area (Å²) < 4.78 is 21.8. The molecule has 0 fully saturated rings. The fourth-order valence-electron chi connectivity index (χ4n) is 1.95. The van der Waals surface area contributed by atoms with Gasteiger partial charge < -0.3 is 4.74 Å². The Labute approximate surface area is 156 Å².